The number of urea groups is 1. The van der Waals surface area contributed by atoms with E-state index in [1.807, 2.05) is 0 Å². The van der Waals surface area contributed by atoms with Crippen LogP contribution in [0.2, 0.25) is 0 Å². The molecule has 4 rings (SSSR count). The molecule has 0 aromatic carbocycles. The summed E-state index contributed by atoms with van der Waals surface area (Å²) >= 11 is 2.34. The molecular formula is C25H33BN6O8S2. The summed E-state index contributed by atoms with van der Waals surface area (Å²) in [5.74, 6) is -3.28. The molecular weight excluding hydrogens is 587 g/mol. The molecule has 1 unspecified atom stereocenters. The SMILES string of the molecule is [B]OC(=O)[C@@]1(N2CCN(NC)C2=O)CN2C(=O)C(CC(=O)/C(=N\OC(C)(C)C(=O)OC(C)(C)C)c3csc(C)n3)[C@H]2S1. The van der Waals surface area contributed by atoms with Gasteiger partial charge in [-0.25, -0.2) is 20.0 Å². The van der Waals surface area contributed by atoms with Gasteiger partial charge >= 0.3 is 26.0 Å². The monoisotopic (exact) mass is 620 g/mol. The maximum atomic E-state index is 13.6. The Morgan fingerprint density at radius 1 is 1.21 bits per heavy atom. The molecule has 0 spiro atoms. The van der Waals surface area contributed by atoms with E-state index in [-0.39, 0.29) is 36.8 Å². The Morgan fingerprint density at radius 3 is 2.45 bits per heavy atom. The molecule has 3 aliphatic heterocycles. The fourth-order valence-corrected chi connectivity index (χ4v) is 7.05. The molecule has 1 aromatic rings. The molecule has 0 saturated carbocycles. The van der Waals surface area contributed by atoms with Gasteiger partial charge in [-0.05, 0) is 41.5 Å². The van der Waals surface area contributed by atoms with Crippen LogP contribution in [0.3, 0.4) is 0 Å². The fraction of sp³-hybridized carbons (Fsp3) is 0.640. The number of hydrogen-bond donors (Lipinski definition) is 1. The number of fused-ring (bicyclic) bond motifs is 1. The highest BCUT2D eigenvalue weighted by Crippen LogP contribution is 2.53. The predicted octanol–water partition coefficient (Wildman–Crippen LogP) is 0.978. The van der Waals surface area contributed by atoms with Crippen LogP contribution in [0.25, 0.3) is 0 Å². The van der Waals surface area contributed by atoms with E-state index in [0.29, 0.717) is 11.6 Å². The van der Waals surface area contributed by atoms with Crippen LogP contribution in [-0.4, -0.2) is 111 Å². The lowest BCUT2D eigenvalue weighted by Gasteiger charge is -2.40. The van der Waals surface area contributed by atoms with Gasteiger partial charge in [-0.1, -0.05) is 16.9 Å². The van der Waals surface area contributed by atoms with Gasteiger partial charge in [0, 0.05) is 25.4 Å². The molecule has 0 aliphatic carbocycles. The number of ketones is 1. The number of thiazole rings is 1. The van der Waals surface area contributed by atoms with Gasteiger partial charge in [-0.15, -0.1) is 11.3 Å². The molecule has 226 valence electrons. The van der Waals surface area contributed by atoms with Crippen LogP contribution in [0.4, 0.5) is 4.79 Å². The Balaban J connectivity index is 1.55. The molecule has 4 heterocycles. The number of nitrogens with zero attached hydrogens (tertiary/aromatic N) is 5. The first-order valence-corrected chi connectivity index (χ1v) is 14.9. The zero-order valence-corrected chi connectivity index (χ0v) is 26.1. The number of rotatable bonds is 10. The minimum absolute atomic E-state index is 0.134. The van der Waals surface area contributed by atoms with Crippen molar-refractivity contribution >= 4 is 66.5 Å². The predicted molar refractivity (Wildman–Crippen MR) is 153 cm³/mol. The number of hydrazine groups is 1. The van der Waals surface area contributed by atoms with Gasteiger partial charge in [-0.3, -0.25) is 24.3 Å². The first-order valence-electron chi connectivity index (χ1n) is 13.2. The van der Waals surface area contributed by atoms with E-state index in [2.05, 4.69) is 20.2 Å². The number of oxime groups is 1. The average molecular weight is 621 g/mol. The molecule has 14 nitrogen and oxygen atoms in total. The van der Waals surface area contributed by atoms with Gasteiger partial charge in [0.15, 0.2) is 11.5 Å². The largest absolute Gasteiger partial charge is 0.541 e. The second-order valence-electron chi connectivity index (χ2n) is 11.5. The number of aromatic nitrogens is 1. The molecule has 3 fully saturated rings. The topological polar surface area (TPSA) is 160 Å². The number of β-lactam (4-membered cyclic amide) rings is 1. The molecule has 0 bridgehead atoms. The molecule has 3 amide bonds. The Morgan fingerprint density at radius 2 is 1.90 bits per heavy atom. The van der Waals surface area contributed by atoms with Gasteiger partial charge in [0.25, 0.3) is 0 Å². The standard InChI is InChI=1S/C25H33BN6O8S2/c1-13-28-15(11-41-13)17(29-40-24(5,6)20(35)38-23(2,3)4)16(33)10-14-18(34)30-12-25(21(36)39-26,42-19(14)30)31-8-9-32(27-7)22(31)37/h11,14,19,27H,8-10,12H2,1-7H3/b29-17-/t14?,19-,25-/m1/s1. The van der Waals surface area contributed by atoms with E-state index >= 15 is 0 Å². The van der Waals surface area contributed by atoms with E-state index in [0.717, 1.165) is 11.8 Å². The van der Waals surface area contributed by atoms with E-state index in [4.69, 9.17) is 17.6 Å². The van der Waals surface area contributed by atoms with Crippen molar-refractivity contribution in [3.63, 3.8) is 0 Å². The Bertz CT molecular complexity index is 1330. The molecule has 1 N–H and O–H groups in total. The van der Waals surface area contributed by atoms with Crippen molar-refractivity contribution < 1.29 is 38.2 Å². The van der Waals surface area contributed by atoms with Gasteiger partial charge in [0.1, 0.15) is 11.3 Å². The lowest BCUT2D eigenvalue weighted by atomic mass is 9.90. The van der Waals surface area contributed by atoms with Crippen LogP contribution in [-0.2, 0) is 33.4 Å². The first kappa shape index (κ1) is 31.8. The smallest absolute Gasteiger partial charge is 0.378 e. The number of aryl methyl sites for hydroxylation is 1. The van der Waals surface area contributed by atoms with Crippen molar-refractivity contribution in [2.75, 3.05) is 26.7 Å². The molecule has 3 atom stereocenters. The number of carbonyl (C=O) groups excluding carboxylic acids is 5. The summed E-state index contributed by atoms with van der Waals surface area (Å²) in [5, 5.41) is 7.07. The minimum atomic E-state index is -1.57. The van der Waals surface area contributed by atoms with Crippen molar-refractivity contribution in [1.29, 1.82) is 0 Å². The highest BCUT2D eigenvalue weighted by molar-refractivity contribution is 8.02. The maximum absolute atomic E-state index is 13.6. The minimum Gasteiger partial charge on any atom is -0.541 e. The van der Waals surface area contributed by atoms with Crippen molar-refractivity contribution in [3.8, 4) is 0 Å². The van der Waals surface area contributed by atoms with Gasteiger partial charge in [-0.2, -0.15) is 0 Å². The molecule has 42 heavy (non-hydrogen) atoms. The van der Waals surface area contributed by atoms with Crippen molar-refractivity contribution in [1.82, 2.24) is 25.2 Å². The van der Waals surface area contributed by atoms with Crippen molar-refractivity contribution in [3.05, 3.63) is 16.1 Å². The zero-order valence-electron chi connectivity index (χ0n) is 24.5. The fourth-order valence-electron chi connectivity index (χ4n) is 4.72. The van der Waals surface area contributed by atoms with Crippen LogP contribution >= 0.6 is 23.1 Å². The van der Waals surface area contributed by atoms with Crippen LogP contribution in [0, 0.1) is 12.8 Å². The normalized spacial score (nSPS) is 24.5. The third-order valence-electron chi connectivity index (χ3n) is 6.88. The van der Waals surface area contributed by atoms with E-state index < -0.39 is 51.1 Å². The van der Waals surface area contributed by atoms with Crippen LogP contribution in [0.1, 0.15) is 51.7 Å². The second kappa shape index (κ2) is 11.5. The molecule has 3 aliphatic rings. The highest BCUT2D eigenvalue weighted by Gasteiger charge is 2.66. The first-order chi connectivity index (χ1) is 19.5. The number of esters is 1. The van der Waals surface area contributed by atoms with Crippen LogP contribution in [0.15, 0.2) is 10.5 Å². The Kier molecular flexibility index (Phi) is 8.68. The number of ether oxygens (including phenoxy) is 1. The van der Waals surface area contributed by atoms with Crippen LogP contribution in [0.5, 0.6) is 0 Å². The number of hydrogen-bond acceptors (Lipinski definition) is 13. The number of thioether (sulfide) groups is 1. The van der Waals surface area contributed by atoms with Gasteiger partial charge in [0.2, 0.25) is 16.4 Å². The number of amides is 3. The quantitative estimate of drug-likeness (QED) is 0.131. The summed E-state index contributed by atoms with van der Waals surface area (Å²) in [7, 11) is 6.83. The van der Waals surface area contributed by atoms with Crippen molar-refractivity contribution in [2.45, 2.75) is 69.4 Å². The summed E-state index contributed by atoms with van der Waals surface area (Å²) in [6, 6.07) is -0.462. The lowest BCUT2D eigenvalue weighted by molar-refractivity contribution is -0.179. The summed E-state index contributed by atoms with van der Waals surface area (Å²) in [6.45, 7) is 10.2. The third kappa shape index (κ3) is 5.86. The summed E-state index contributed by atoms with van der Waals surface area (Å²) in [4.78, 5) is 76.5. The highest BCUT2D eigenvalue weighted by atomic mass is 32.2. The van der Waals surface area contributed by atoms with E-state index in [1.165, 1.54) is 40.0 Å². The average Bonchev–Trinajstić information content (AvgIpc) is 3.61. The number of carbonyl (C=O) groups is 5. The number of nitrogens with one attached hydrogen (secondary N) is 1. The summed E-state index contributed by atoms with van der Waals surface area (Å²) in [5.41, 5.74) is 0.546. The molecule has 17 heteroatoms. The molecule has 3 saturated heterocycles. The van der Waals surface area contributed by atoms with E-state index in [1.54, 1.807) is 40.1 Å². The molecule has 1 aromatic heterocycles. The van der Waals surface area contributed by atoms with Crippen LogP contribution < -0.4 is 5.43 Å². The maximum Gasteiger partial charge on any atom is 0.378 e. The number of Topliss-reactive ketones (excluding diaryl/α,β-unsaturated/α-hetero) is 1. The van der Waals surface area contributed by atoms with Gasteiger partial charge in [0.05, 0.1) is 29.4 Å². The van der Waals surface area contributed by atoms with Gasteiger partial charge < -0.3 is 19.1 Å². The zero-order chi connectivity index (χ0) is 31.2. The molecule has 2 radical (unpaired) electrons. The summed E-state index contributed by atoms with van der Waals surface area (Å²) < 4.78 is 9.98. The second-order valence-corrected chi connectivity index (χ2v) is 14.0. The Labute approximate surface area is 252 Å². The summed E-state index contributed by atoms with van der Waals surface area (Å²) in [6.07, 6.45) is -0.275. The van der Waals surface area contributed by atoms with Crippen molar-refractivity contribution in [2.24, 2.45) is 11.1 Å². The third-order valence-corrected chi connectivity index (χ3v) is 9.38. The Hall–Kier alpha value is -3.18. The van der Waals surface area contributed by atoms with E-state index in [9.17, 15) is 24.0 Å². The lowest BCUT2D eigenvalue weighted by Crippen LogP contribution is -2.60.